The molecule has 1 fully saturated rings. The highest BCUT2D eigenvalue weighted by atomic mass is 16.5. The summed E-state index contributed by atoms with van der Waals surface area (Å²) in [5, 5.41) is 2.90. The molecule has 2 rings (SSSR count). The number of hydrogen-bond donors (Lipinski definition) is 2. The van der Waals surface area contributed by atoms with Crippen molar-refractivity contribution in [3.8, 4) is 0 Å². The molecule has 1 aliphatic rings. The molecular formula is C17H24N2O3. The molecule has 0 saturated heterocycles. The lowest BCUT2D eigenvalue weighted by Crippen LogP contribution is -2.55. The third kappa shape index (κ3) is 3.30. The first-order valence-electron chi connectivity index (χ1n) is 7.71. The van der Waals surface area contributed by atoms with Gasteiger partial charge in [-0.2, -0.15) is 0 Å². The topological polar surface area (TPSA) is 81.4 Å². The maximum atomic E-state index is 12.5. The minimum Gasteiger partial charge on any atom is -0.467 e. The summed E-state index contributed by atoms with van der Waals surface area (Å²) in [5.41, 5.74) is 6.22. The molecule has 1 amide bonds. The van der Waals surface area contributed by atoms with E-state index in [0.717, 1.165) is 18.4 Å². The summed E-state index contributed by atoms with van der Waals surface area (Å²) in [4.78, 5) is 24.6. The first-order valence-corrected chi connectivity index (χ1v) is 7.71. The molecule has 1 aromatic rings. The summed E-state index contributed by atoms with van der Waals surface area (Å²) < 4.78 is 4.88. The molecule has 0 spiro atoms. The number of benzene rings is 1. The minimum atomic E-state index is -0.878. The number of nitrogens with two attached hydrogens (primary N) is 1. The second-order valence-corrected chi connectivity index (χ2v) is 6.00. The Morgan fingerprint density at radius 1 is 1.23 bits per heavy atom. The van der Waals surface area contributed by atoms with Crippen LogP contribution in [0.2, 0.25) is 0 Å². The largest absolute Gasteiger partial charge is 0.467 e. The van der Waals surface area contributed by atoms with Gasteiger partial charge < -0.3 is 15.8 Å². The molecule has 1 aromatic carbocycles. The molecular weight excluding hydrogens is 280 g/mol. The van der Waals surface area contributed by atoms with E-state index in [-0.39, 0.29) is 11.9 Å². The van der Waals surface area contributed by atoms with Crippen molar-refractivity contribution in [1.29, 1.82) is 0 Å². The first kappa shape index (κ1) is 16.5. The fourth-order valence-electron chi connectivity index (χ4n) is 3.03. The van der Waals surface area contributed by atoms with Gasteiger partial charge in [-0.05, 0) is 18.4 Å². The normalized spacial score (nSPS) is 19.2. The van der Waals surface area contributed by atoms with Crippen LogP contribution in [-0.4, -0.2) is 24.5 Å². The monoisotopic (exact) mass is 304 g/mol. The van der Waals surface area contributed by atoms with E-state index in [1.807, 2.05) is 30.3 Å². The van der Waals surface area contributed by atoms with Crippen molar-refractivity contribution in [2.75, 3.05) is 7.11 Å². The second-order valence-electron chi connectivity index (χ2n) is 6.00. The zero-order valence-electron chi connectivity index (χ0n) is 13.2. The van der Waals surface area contributed by atoms with Crippen LogP contribution >= 0.6 is 0 Å². The lowest BCUT2D eigenvalue weighted by Gasteiger charge is -2.30. The van der Waals surface area contributed by atoms with Crippen LogP contribution in [0.25, 0.3) is 0 Å². The highest BCUT2D eigenvalue weighted by Crippen LogP contribution is 2.32. The molecule has 0 heterocycles. The van der Waals surface area contributed by atoms with E-state index in [1.54, 1.807) is 6.92 Å². The molecule has 120 valence electrons. The van der Waals surface area contributed by atoms with Crippen molar-refractivity contribution < 1.29 is 14.3 Å². The van der Waals surface area contributed by atoms with E-state index in [9.17, 15) is 9.59 Å². The third-order valence-corrected chi connectivity index (χ3v) is 4.53. The number of carbonyl (C=O) groups is 2. The van der Waals surface area contributed by atoms with Gasteiger partial charge in [-0.25, -0.2) is 4.79 Å². The smallest absolute Gasteiger partial charge is 0.331 e. The number of carbonyl (C=O) groups excluding carboxylic acids is 2. The number of esters is 1. The summed E-state index contributed by atoms with van der Waals surface area (Å²) in [6, 6.07) is 9.10. The fourth-order valence-corrected chi connectivity index (χ4v) is 3.03. The Kier molecular flexibility index (Phi) is 5.19. The molecule has 1 aliphatic carbocycles. The molecule has 2 atom stereocenters. The van der Waals surface area contributed by atoms with E-state index in [1.165, 1.54) is 7.11 Å². The third-order valence-electron chi connectivity index (χ3n) is 4.53. The van der Waals surface area contributed by atoms with Crippen molar-refractivity contribution in [3.63, 3.8) is 0 Å². The van der Waals surface area contributed by atoms with Crippen LogP contribution in [0.1, 0.15) is 44.2 Å². The van der Waals surface area contributed by atoms with E-state index < -0.39 is 17.5 Å². The van der Waals surface area contributed by atoms with Gasteiger partial charge in [0.25, 0.3) is 0 Å². The summed E-state index contributed by atoms with van der Waals surface area (Å²) >= 11 is 0. The highest BCUT2D eigenvalue weighted by Gasteiger charge is 2.44. The van der Waals surface area contributed by atoms with Gasteiger partial charge in [-0.15, -0.1) is 0 Å². The molecule has 0 aromatic heterocycles. The predicted molar refractivity (Wildman–Crippen MR) is 83.9 cm³/mol. The summed E-state index contributed by atoms with van der Waals surface area (Å²) in [5.74, 6) is -0.994. The average molecular weight is 304 g/mol. The maximum Gasteiger partial charge on any atom is 0.331 e. The summed E-state index contributed by atoms with van der Waals surface area (Å²) in [7, 11) is 1.35. The average Bonchev–Trinajstić information content (AvgIpc) is 3.03. The number of methoxy groups -OCH3 is 1. The Hall–Kier alpha value is -1.88. The van der Waals surface area contributed by atoms with E-state index >= 15 is 0 Å². The Morgan fingerprint density at radius 2 is 1.82 bits per heavy atom. The maximum absolute atomic E-state index is 12.5. The lowest BCUT2D eigenvalue weighted by atomic mass is 9.91. The van der Waals surface area contributed by atoms with Gasteiger partial charge in [-0.1, -0.05) is 50.1 Å². The predicted octanol–water partition coefficient (Wildman–Crippen LogP) is 1.92. The van der Waals surface area contributed by atoms with Crippen LogP contribution in [0.3, 0.4) is 0 Å². The standard InChI is InChI=1S/C17H24N2O3/c1-12(14(18)13-8-4-3-5-9-13)15(20)19-17(16(21)22-2)10-6-7-11-17/h3-5,8-9,12,14H,6-7,10-11,18H2,1-2H3,(H,19,20). The van der Waals surface area contributed by atoms with Gasteiger partial charge >= 0.3 is 5.97 Å². The zero-order valence-corrected chi connectivity index (χ0v) is 13.2. The van der Waals surface area contributed by atoms with Crippen molar-refractivity contribution in [2.45, 2.75) is 44.2 Å². The fraction of sp³-hybridized carbons (Fsp3) is 0.529. The van der Waals surface area contributed by atoms with Gasteiger partial charge in [0, 0.05) is 6.04 Å². The number of amides is 1. The lowest BCUT2D eigenvalue weighted by molar-refractivity contribution is -0.151. The zero-order chi connectivity index (χ0) is 16.2. The van der Waals surface area contributed by atoms with Crippen LogP contribution in [0.15, 0.2) is 30.3 Å². The van der Waals surface area contributed by atoms with E-state index in [0.29, 0.717) is 12.8 Å². The Balaban J connectivity index is 2.08. The quantitative estimate of drug-likeness (QED) is 0.814. The van der Waals surface area contributed by atoms with Crippen LogP contribution in [0.4, 0.5) is 0 Å². The SMILES string of the molecule is COC(=O)C1(NC(=O)C(C)C(N)c2ccccc2)CCCC1. The van der Waals surface area contributed by atoms with Gasteiger partial charge in [0.1, 0.15) is 5.54 Å². The van der Waals surface area contributed by atoms with Crippen molar-refractivity contribution >= 4 is 11.9 Å². The number of nitrogens with one attached hydrogen (secondary N) is 1. The van der Waals surface area contributed by atoms with Gasteiger partial charge in [0.2, 0.25) is 5.91 Å². The number of ether oxygens (including phenoxy) is 1. The van der Waals surface area contributed by atoms with Gasteiger partial charge in [0.15, 0.2) is 0 Å². The van der Waals surface area contributed by atoms with Crippen molar-refractivity contribution in [2.24, 2.45) is 11.7 Å². The van der Waals surface area contributed by atoms with Crippen molar-refractivity contribution in [3.05, 3.63) is 35.9 Å². The summed E-state index contributed by atoms with van der Waals surface area (Å²) in [6.45, 7) is 1.78. The Labute approximate surface area is 131 Å². The molecule has 0 aliphatic heterocycles. The Morgan fingerprint density at radius 3 is 2.36 bits per heavy atom. The number of hydrogen-bond acceptors (Lipinski definition) is 4. The molecule has 2 unspecified atom stereocenters. The van der Waals surface area contributed by atoms with Crippen molar-refractivity contribution in [1.82, 2.24) is 5.32 Å². The molecule has 1 saturated carbocycles. The van der Waals surface area contributed by atoms with Crippen LogP contribution in [-0.2, 0) is 14.3 Å². The first-order chi connectivity index (χ1) is 10.5. The molecule has 0 radical (unpaired) electrons. The van der Waals surface area contributed by atoms with Gasteiger partial charge in [0.05, 0.1) is 13.0 Å². The van der Waals surface area contributed by atoms with E-state index in [2.05, 4.69) is 5.32 Å². The van der Waals surface area contributed by atoms with E-state index in [4.69, 9.17) is 10.5 Å². The van der Waals surface area contributed by atoms with Crippen LogP contribution < -0.4 is 11.1 Å². The molecule has 5 nitrogen and oxygen atoms in total. The minimum absolute atomic E-state index is 0.205. The van der Waals surface area contributed by atoms with Crippen LogP contribution in [0, 0.1) is 5.92 Å². The van der Waals surface area contributed by atoms with Crippen LogP contribution in [0.5, 0.6) is 0 Å². The molecule has 0 bridgehead atoms. The molecule has 22 heavy (non-hydrogen) atoms. The summed E-state index contributed by atoms with van der Waals surface area (Å²) in [6.07, 6.45) is 3.07. The highest BCUT2D eigenvalue weighted by molar-refractivity contribution is 5.89. The molecule has 5 heteroatoms. The van der Waals surface area contributed by atoms with Gasteiger partial charge in [-0.3, -0.25) is 4.79 Å². The number of rotatable bonds is 5. The second kappa shape index (κ2) is 6.92. The Bertz CT molecular complexity index is 524. The molecule has 3 N–H and O–H groups in total.